The van der Waals surface area contributed by atoms with E-state index in [1.54, 1.807) is 134 Å². The predicted octanol–water partition coefficient (Wildman–Crippen LogP) is 20.0. The lowest BCUT2D eigenvalue weighted by molar-refractivity contribution is -0.132. The van der Waals surface area contributed by atoms with Gasteiger partial charge in [0, 0.05) is 78.3 Å². The molecule has 0 aromatic rings. The van der Waals surface area contributed by atoms with E-state index < -0.39 is 118 Å². The first-order chi connectivity index (χ1) is 61.2. The maximum Gasteiger partial charge on any atom is 0.410 e. The lowest BCUT2D eigenvalue weighted by Gasteiger charge is -2.29. The van der Waals surface area contributed by atoms with Crippen LogP contribution in [0.5, 0.6) is 0 Å². The number of unbranched alkanes of at least 4 members (excludes halogenated alkanes) is 27. The largest absolute Gasteiger partial charge is 0.444 e. The highest BCUT2D eigenvalue weighted by Crippen LogP contribution is 2.20. The molecule has 30 nitrogen and oxygen atoms in total. The minimum Gasteiger partial charge on any atom is -0.444 e. The van der Waals surface area contributed by atoms with Crippen LogP contribution in [0, 0.1) is 0 Å². The van der Waals surface area contributed by atoms with Crippen LogP contribution in [0.15, 0.2) is 24.3 Å². The quantitative estimate of drug-likeness (QED) is 0.0154. The minimum atomic E-state index is -1.07. The van der Waals surface area contributed by atoms with Gasteiger partial charge in [0.2, 0.25) is 35.4 Å². The summed E-state index contributed by atoms with van der Waals surface area (Å²) in [6.07, 6.45) is 40.6. The number of hydrogen-bond donors (Lipinski definition) is 10. The number of allylic oxidation sites excluding steroid dienone is 4. The summed E-state index contributed by atoms with van der Waals surface area (Å²) in [6.45, 7) is 38.1. The summed E-state index contributed by atoms with van der Waals surface area (Å²) in [5.74, 6) is -2.66. The van der Waals surface area contributed by atoms with Crippen molar-refractivity contribution in [3.63, 3.8) is 0 Å². The average Bonchev–Trinajstić information content (AvgIpc) is 0.821. The van der Waals surface area contributed by atoms with Gasteiger partial charge in [0.15, 0.2) is 0 Å². The summed E-state index contributed by atoms with van der Waals surface area (Å²) in [5, 5.41) is 28.7. The Labute approximate surface area is 785 Å². The van der Waals surface area contributed by atoms with E-state index in [9.17, 15) is 57.5 Å². The molecule has 0 bridgehead atoms. The van der Waals surface area contributed by atoms with Gasteiger partial charge in [-0.3, -0.25) is 28.8 Å². The van der Waals surface area contributed by atoms with E-state index in [1.165, 1.54) is 77.0 Å². The second-order valence-corrected chi connectivity index (χ2v) is 40.7. The van der Waals surface area contributed by atoms with Gasteiger partial charge in [-0.25, -0.2) is 28.8 Å². The minimum absolute atomic E-state index is 0.0873. The van der Waals surface area contributed by atoms with Gasteiger partial charge in [0.05, 0.1) is 0 Å². The third-order valence-corrected chi connectivity index (χ3v) is 20.5. The van der Waals surface area contributed by atoms with Crippen LogP contribution in [-0.4, -0.2) is 205 Å². The zero-order valence-electron chi connectivity index (χ0n) is 85.0. The lowest BCUT2D eigenvalue weighted by atomic mass is 10.0. The van der Waals surface area contributed by atoms with Crippen molar-refractivity contribution in [3.8, 4) is 0 Å². The molecular weight excluding hydrogens is 1660 g/mol. The van der Waals surface area contributed by atoms with E-state index in [0.29, 0.717) is 77.0 Å². The van der Waals surface area contributed by atoms with Crippen LogP contribution in [0.25, 0.3) is 0 Å². The van der Waals surface area contributed by atoms with Gasteiger partial charge in [-0.2, -0.15) is 0 Å². The van der Waals surface area contributed by atoms with Gasteiger partial charge in [0.25, 0.3) is 0 Å². The van der Waals surface area contributed by atoms with Gasteiger partial charge in [-0.05, 0) is 292 Å². The van der Waals surface area contributed by atoms with Crippen LogP contribution in [0.1, 0.15) is 421 Å². The Morgan fingerprint density at radius 2 is 0.462 bits per heavy atom. The van der Waals surface area contributed by atoms with Crippen LogP contribution < -0.4 is 53.2 Å². The molecule has 4 unspecified atom stereocenters. The molecule has 0 fully saturated rings. The SMILES string of the molecule is CCCCCCCCC=CCCCCCCCC(=O)NC(CCCCNC(=O)OC(C)(C)C)C(=O)NC(CCCCNC(=O)OC(C)(C)C)C(=O)NCCCN(CCCCN(CCCNC(=O)C(CCCCNC(=O)OC(C)(C)C)NC(=O)C(CCCCNC(=O)OC(C)(C)C)NC(=O)CCCCCCCC=CCCCCCCCC)C(=O)OC(C)(C)C)C(=O)OC(C)(C)C. The predicted molar refractivity (Wildman–Crippen MR) is 519 cm³/mol. The van der Waals surface area contributed by atoms with Crippen molar-refractivity contribution in [1.29, 1.82) is 0 Å². The first-order valence-electron chi connectivity index (χ1n) is 50.1. The highest BCUT2D eigenvalue weighted by atomic mass is 16.6. The highest BCUT2D eigenvalue weighted by molar-refractivity contribution is 5.93. The molecule has 0 saturated carbocycles. The van der Waals surface area contributed by atoms with E-state index in [0.717, 1.165) is 77.0 Å². The fraction of sp³-hybridized carbons (Fsp3) is 0.840. The number of nitrogens with zero attached hydrogens (tertiary/aromatic N) is 2. The molecule has 0 aromatic carbocycles. The Kier molecular flexibility index (Phi) is 67.1. The molecule has 0 rings (SSSR count). The van der Waals surface area contributed by atoms with E-state index in [2.05, 4.69) is 91.3 Å². The molecule has 30 heteroatoms. The molecule has 0 aliphatic heterocycles. The maximum absolute atomic E-state index is 14.5. The van der Waals surface area contributed by atoms with Gasteiger partial charge in [-0.1, -0.05) is 141 Å². The Morgan fingerprint density at radius 1 is 0.238 bits per heavy atom. The van der Waals surface area contributed by atoms with E-state index in [-0.39, 0.29) is 129 Å². The fourth-order valence-corrected chi connectivity index (χ4v) is 13.8. The summed E-state index contributed by atoms with van der Waals surface area (Å²) in [6, 6.07) is -4.15. The molecule has 0 aliphatic carbocycles. The molecule has 12 amide bonds. The number of carbonyl (C=O) groups is 12. The van der Waals surface area contributed by atoms with E-state index in [1.807, 2.05) is 0 Å². The Balaban J connectivity index is 6.67. The van der Waals surface area contributed by atoms with Crippen LogP contribution in [0.2, 0.25) is 0 Å². The molecule has 4 atom stereocenters. The standard InChI is InChI=1S/C100H186N12O18/c1-21-23-25-27-29-31-33-35-37-39-41-43-45-47-49-67-83(113)107-81(65-53-57-71-105-91(121)127-97(9,10)11)87(117)109-79(63-51-55-69-103-89(119)125-95(3,4)5)85(115)101-73-61-77-111(93(123)129-99(15,16)17)75-59-60-76-112(94(124)130-100(18,19)20)78-62-74-102-86(116)80(64-52-56-70-104-90(120)126-96(6,7)8)110-88(118)82(66-54-58-72-106-92(122)128-98(12,13)14)108-84(114)68-50-48-46-44-42-40-38-36-34-32-30-28-26-24-22-2/h35-38,79-82H,21-34,39-78H2,1-20H3,(H,101,115)(H,102,116)(H,103,119)(H,104,120)(H,105,121)(H,106,122)(H,107,113)(H,108,114)(H,109,117)(H,110,118). The molecule has 0 radical (unpaired) electrons. The molecule has 130 heavy (non-hydrogen) atoms. The van der Waals surface area contributed by atoms with Crippen molar-refractivity contribution in [3.05, 3.63) is 24.3 Å². The van der Waals surface area contributed by atoms with Crippen molar-refractivity contribution in [1.82, 2.24) is 63.0 Å². The van der Waals surface area contributed by atoms with Crippen molar-refractivity contribution in [2.45, 2.75) is 479 Å². The molecule has 0 aliphatic rings. The zero-order valence-corrected chi connectivity index (χ0v) is 85.0. The van der Waals surface area contributed by atoms with Crippen LogP contribution in [0.3, 0.4) is 0 Å². The Morgan fingerprint density at radius 3 is 0.715 bits per heavy atom. The summed E-state index contributed by atoms with van der Waals surface area (Å²) in [5.41, 5.74) is -4.54. The van der Waals surface area contributed by atoms with Crippen LogP contribution >= 0.6 is 0 Å². The van der Waals surface area contributed by atoms with Crippen molar-refractivity contribution < 1.29 is 86.0 Å². The van der Waals surface area contributed by atoms with Gasteiger partial charge < -0.3 is 91.4 Å². The number of amides is 12. The second kappa shape index (κ2) is 71.5. The molecule has 0 spiro atoms. The smallest absolute Gasteiger partial charge is 0.410 e. The first kappa shape index (κ1) is 122. The second-order valence-electron chi connectivity index (χ2n) is 40.7. The number of carbonyl (C=O) groups excluding carboxylic acids is 12. The summed E-state index contributed by atoms with van der Waals surface area (Å²) in [7, 11) is 0. The number of nitrogens with one attached hydrogen (secondary N) is 10. The molecule has 0 heterocycles. The molecular formula is C100H186N12O18. The first-order valence-corrected chi connectivity index (χ1v) is 50.1. The number of hydrogen-bond acceptors (Lipinski definition) is 18. The third-order valence-electron chi connectivity index (χ3n) is 20.5. The monoisotopic (exact) mass is 1840 g/mol. The van der Waals surface area contributed by atoms with Crippen molar-refractivity contribution in [2.24, 2.45) is 0 Å². The number of ether oxygens (including phenoxy) is 6. The molecule has 0 saturated heterocycles. The Bertz CT molecular complexity index is 2980. The van der Waals surface area contributed by atoms with Crippen LogP contribution in [0.4, 0.5) is 28.8 Å². The lowest BCUT2D eigenvalue weighted by Crippen LogP contribution is -2.54. The summed E-state index contributed by atoms with van der Waals surface area (Å²) < 4.78 is 33.4. The summed E-state index contributed by atoms with van der Waals surface area (Å²) >= 11 is 0. The average molecular weight is 1840 g/mol. The Hall–Kier alpha value is -8.08. The van der Waals surface area contributed by atoms with Gasteiger partial charge in [0.1, 0.15) is 57.8 Å². The summed E-state index contributed by atoms with van der Waals surface area (Å²) in [4.78, 5) is 166. The normalized spacial score (nSPS) is 12.9. The van der Waals surface area contributed by atoms with Gasteiger partial charge in [-0.15, -0.1) is 0 Å². The molecule has 10 N–H and O–H groups in total. The van der Waals surface area contributed by atoms with Crippen molar-refractivity contribution in [2.75, 3.05) is 65.4 Å². The topological polar surface area (TPSA) is 387 Å². The highest BCUT2D eigenvalue weighted by Gasteiger charge is 2.32. The number of rotatable bonds is 71. The maximum atomic E-state index is 14.5. The fourth-order valence-electron chi connectivity index (χ4n) is 13.8. The zero-order chi connectivity index (χ0) is 97.7. The van der Waals surface area contributed by atoms with Crippen molar-refractivity contribution >= 4 is 72.0 Å². The van der Waals surface area contributed by atoms with E-state index >= 15 is 0 Å². The number of alkyl carbamates (subject to hydrolysis) is 4. The van der Waals surface area contributed by atoms with E-state index in [4.69, 9.17) is 28.4 Å². The molecule has 754 valence electrons. The third kappa shape index (κ3) is 76.5. The van der Waals surface area contributed by atoms with Crippen LogP contribution in [-0.2, 0) is 57.2 Å². The van der Waals surface area contributed by atoms with Gasteiger partial charge >= 0.3 is 36.6 Å². The molecule has 0 aromatic heterocycles.